The molecule has 1 aliphatic rings. The maximum Gasteiger partial charge on any atom is 0.0702 e. The highest BCUT2D eigenvalue weighted by atomic mass is 14.7. The summed E-state index contributed by atoms with van der Waals surface area (Å²) in [7, 11) is 0. The highest BCUT2D eigenvalue weighted by Crippen LogP contribution is 2.41. The molecule has 204 valence electrons. The molecule has 0 N–H and O–H groups in total. The third-order valence-corrected chi connectivity index (χ3v) is 8.88. The molecule has 0 radical (unpaired) electrons. The monoisotopic (exact) mass is 501 g/mol. The van der Waals surface area contributed by atoms with Gasteiger partial charge in [0.05, 0.1) is 5.69 Å². The molecule has 1 heteroatoms. The molecule has 1 fully saturated rings. The molecule has 1 aromatic heterocycles. The molecule has 1 aliphatic carbocycles. The fraction of sp³-hybridized carbons (Fsp3) is 0.639. The van der Waals surface area contributed by atoms with Crippen molar-refractivity contribution in [2.45, 2.75) is 135 Å². The number of unbranched alkanes of at least 4 members (excludes halogenated alkanes) is 9. The zero-order valence-corrected chi connectivity index (χ0v) is 24.2. The fourth-order valence-corrected chi connectivity index (χ4v) is 6.45. The van der Waals surface area contributed by atoms with Gasteiger partial charge < -0.3 is 0 Å². The second kappa shape index (κ2) is 17.6. The molecule has 0 bridgehead atoms. The Kier molecular flexibility index (Phi) is 14.1. The SMILES string of the molecule is C=CCC(c1ccc(-c2ccc(CCCCCCCCCC)cn2)cc1)C1CCC(CCCCC)CC1. The topological polar surface area (TPSA) is 12.9 Å². The Bertz CT molecular complexity index is 841. The number of allylic oxidation sites excluding steroid dienone is 1. The van der Waals surface area contributed by atoms with E-state index in [-0.39, 0.29) is 0 Å². The zero-order chi connectivity index (χ0) is 26.1. The van der Waals surface area contributed by atoms with E-state index in [1.165, 1.54) is 119 Å². The van der Waals surface area contributed by atoms with Crippen LogP contribution in [0.1, 0.15) is 140 Å². The van der Waals surface area contributed by atoms with Crippen LogP contribution in [0, 0.1) is 11.8 Å². The Morgan fingerprint density at radius 3 is 2.05 bits per heavy atom. The van der Waals surface area contributed by atoms with Crippen molar-refractivity contribution in [3.8, 4) is 11.3 Å². The maximum atomic E-state index is 4.82. The van der Waals surface area contributed by atoms with E-state index in [4.69, 9.17) is 4.98 Å². The number of hydrogen-bond acceptors (Lipinski definition) is 1. The molecule has 0 saturated heterocycles. The lowest BCUT2D eigenvalue weighted by Gasteiger charge is -2.34. The Morgan fingerprint density at radius 2 is 1.43 bits per heavy atom. The van der Waals surface area contributed by atoms with Gasteiger partial charge in [0.15, 0.2) is 0 Å². The molecule has 1 unspecified atom stereocenters. The number of benzene rings is 1. The van der Waals surface area contributed by atoms with Crippen LogP contribution in [0.4, 0.5) is 0 Å². The minimum absolute atomic E-state index is 0.616. The summed E-state index contributed by atoms with van der Waals surface area (Å²) in [6.07, 6.45) is 28.7. The second-order valence-corrected chi connectivity index (χ2v) is 11.8. The minimum Gasteiger partial charge on any atom is -0.256 e. The van der Waals surface area contributed by atoms with Crippen LogP contribution in [-0.4, -0.2) is 4.98 Å². The van der Waals surface area contributed by atoms with E-state index in [1.807, 2.05) is 0 Å². The first-order chi connectivity index (χ1) is 18.2. The van der Waals surface area contributed by atoms with Crippen LogP contribution in [-0.2, 0) is 6.42 Å². The fourth-order valence-electron chi connectivity index (χ4n) is 6.45. The summed E-state index contributed by atoms with van der Waals surface area (Å²) in [5, 5.41) is 0. The quantitative estimate of drug-likeness (QED) is 0.146. The first-order valence-electron chi connectivity index (χ1n) is 15.9. The van der Waals surface area contributed by atoms with Crippen molar-refractivity contribution in [3.05, 3.63) is 66.4 Å². The van der Waals surface area contributed by atoms with Crippen LogP contribution >= 0.6 is 0 Å². The van der Waals surface area contributed by atoms with Crippen molar-refractivity contribution in [3.63, 3.8) is 0 Å². The molecule has 2 aromatic rings. The van der Waals surface area contributed by atoms with E-state index >= 15 is 0 Å². The molecular weight excluding hydrogens is 446 g/mol. The van der Waals surface area contributed by atoms with E-state index in [1.54, 1.807) is 0 Å². The van der Waals surface area contributed by atoms with Gasteiger partial charge in [-0.1, -0.05) is 134 Å². The summed E-state index contributed by atoms with van der Waals surface area (Å²) in [5.74, 6) is 2.39. The molecule has 1 heterocycles. The number of pyridine rings is 1. The van der Waals surface area contributed by atoms with Crippen molar-refractivity contribution in [1.82, 2.24) is 4.98 Å². The lowest BCUT2D eigenvalue weighted by Crippen LogP contribution is -2.20. The van der Waals surface area contributed by atoms with Gasteiger partial charge in [0, 0.05) is 11.8 Å². The largest absolute Gasteiger partial charge is 0.256 e. The molecule has 1 atom stereocenters. The lowest BCUT2D eigenvalue weighted by atomic mass is 9.71. The standard InChI is InChI=1S/C36H55N/c1-4-7-9-10-11-12-13-15-18-31-21-28-36(37-29-31)34-26-24-33(25-27-34)35(16-6-3)32-22-19-30(20-23-32)17-14-8-5-2/h6,21,24-30,32,35H,3-5,7-20,22-23H2,1-2H3. The summed E-state index contributed by atoms with van der Waals surface area (Å²) in [6.45, 7) is 8.69. The number of hydrogen-bond donors (Lipinski definition) is 0. The number of nitrogens with zero attached hydrogens (tertiary/aromatic N) is 1. The Balaban J connectivity index is 1.47. The summed E-state index contributed by atoms with van der Waals surface area (Å²) in [5.41, 5.74) is 5.20. The summed E-state index contributed by atoms with van der Waals surface area (Å²) in [4.78, 5) is 4.82. The average Bonchev–Trinajstić information content (AvgIpc) is 2.94. The Morgan fingerprint density at radius 1 is 0.784 bits per heavy atom. The van der Waals surface area contributed by atoms with Gasteiger partial charge in [0.25, 0.3) is 0 Å². The van der Waals surface area contributed by atoms with Gasteiger partial charge in [0.1, 0.15) is 0 Å². The second-order valence-electron chi connectivity index (χ2n) is 11.8. The first-order valence-corrected chi connectivity index (χ1v) is 15.9. The first kappa shape index (κ1) is 29.7. The molecule has 37 heavy (non-hydrogen) atoms. The van der Waals surface area contributed by atoms with Crippen molar-refractivity contribution in [2.75, 3.05) is 0 Å². The van der Waals surface area contributed by atoms with Gasteiger partial charge in [-0.15, -0.1) is 6.58 Å². The van der Waals surface area contributed by atoms with Crippen LogP contribution in [0.5, 0.6) is 0 Å². The molecular formula is C36H55N. The van der Waals surface area contributed by atoms with Gasteiger partial charge in [-0.2, -0.15) is 0 Å². The predicted molar refractivity (Wildman–Crippen MR) is 163 cm³/mol. The lowest BCUT2D eigenvalue weighted by molar-refractivity contribution is 0.230. The molecule has 1 saturated carbocycles. The van der Waals surface area contributed by atoms with E-state index in [0.29, 0.717) is 5.92 Å². The number of aryl methyl sites for hydroxylation is 1. The normalized spacial score (nSPS) is 18.5. The molecule has 0 amide bonds. The van der Waals surface area contributed by atoms with Gasteiger partial charge in [-0.3, -0.25) is 4.98 Å². The summed E-state index contributed by atoms with van der Waals surface area (Å²) in [6, 6.07) is 13.8. The van der Waals surface area contributed by atoms with Crippen LogP contribution in [0.3, 0.4) is 0 Å². The molecule has 3 rings (SSSR count). The van der Waals surface area contributed by atoms with Crippen molar-refractivity contribution < 1.29 is 0 Å². The summed E-state index contributed by atoms with van der Waals surface area (Å²) >= 11 is 0. The zero-order valence-electron chi connectivity index (χ0n) is 24.2. The molecule has 0 aliphatic heterocycles. The van der Waals surface area contributed by atoms with E-state index < -0.39 is 0 Å². The van der Waals surface area contributed by atoms with Gasteiger partial charge in [-0.05, 0) is 67.1 Å². The van der Waals surface area contributed by atoms with E-state index in [0.717, 1.165) is 30.4 Å². The van der Waals surface area contributed by atoms with Crippen LogP contribution in [0.2, 0.25) is 0 Å². The maximum absolute atomic E-state index is 4.82. The third-order valence-electron chi connectivity index (χ3n) is 8.88. The average molecular weight is 502 g/mol. The predicted octanol–water partition coefficient (Wildman–Crippen LogP) is 11.5. The highest BCUT2D eigenvalue weighted by molar-refractivity contribution is 5.59. The molecule has 1 aromatic carbocycles. The Labute approximate surface area is 229 Å². The Hall–Kier alpha value is -1.89. The summed E-state index contributed by atoms with van der Waals surface area (Å²) < 4.78 is 0. The van der Waals surface area contributed by atoms with Crippen LogP contribution in [0.25, 0.3) is 11.3 Å². The third kappa shape index (κ3) is 10.4. The van der Waals surface area contributed by atoms with Gasteiger partial charge in [0.2, 0.25) is 0 Å². The van der Waals surface area contributed by atoms with Crippen molar-refractivity contribution >= 4 is 0 Å². The molecule has 0 spiro atoms. The number of rotatable bonds is 18. The smallest absolute Gasteiger partial charge is 0.0702 e. The van der Waals surface area contributed by atoms with Crippen LogP contribution < -0.4 is 0 Å². The van der Waals surface area contributed by atoms with Crippen molar-refractivity contribution in [1.29, 1.82) is 0 Å². The van der Waals surface area contributed by atoms with Gasteiger partial charge in [-0.25, -0.2) is 0 Å². The molecule has 1 nitrogen and oxygen atoms in total. The van der Waals surface area contributed by atoms with Gasteiger partial charge >= 0.3 is 0 Å². The van der Waals surface area contributed by atoms with Crippen LogP contribution in [0.15, 0.2) is 55.3 Å². The minimum atomic E-state index is 0.616. The number of aromatic nitrogens is 1. The highest BCUT2D eigenvalue weighted by Gasteiger charge is 2.27. The van der Waals surface area contributed by atoms with E-state index in [2.05, 4.69) is 69.1 Å². The van der Waals surface area contributed by atoms with E-state index in [9.17, 15) is 0 Å². The van der Waals surface area contributed by atoms with Crippen molar-refractivity contribution in [2.24, 2.45) is 11.8 Å².